The molecule has 0 aliphatic rings. The molecular formula is C9H7N3O2S. The van der Waals surface area contributed by atoms with Crippen LogP contribution in [0.2, 0.25) is 0 Å². The van der Waals surface area contributed by atoms with Crippen LogP contribution >= 0.6 is 11.5 Å². The highest BCUT2D eigenvalue weighted by Crippen LogP contribution is 2.28. The second kappa shape index (κ2) is 3.66. The van der Waals surface area contributed by atoms with E-state index < -0.39 is 5.97 Å². The molecule has 0 aliphatic carbocycles. The fourth-order valence-corrected chi connectivity index (χ4v) is 1.79. The lowest BCUT2D eigenvalue weighted by Crippen LogP contribution is -1.98. The van der Waals surface area contributed by atoms with Crippen molar-refractivity contribution < 1.29 is 9.90 Å². The quantitative estimate of drug-likeness (QED) is 0.801. The van der Waals surface area contributed by atoms with Crippen molar-refractivity contribution in [3.05, 3.63) is 29.3 Å². The monoisotopic (exact) mass is 221 g/mol. The standard InChI is InChI=1S/C9H7N3O2S/c10-6-7(5-3-1-2-4-11-5)12-15-8(6)9(13)14/h1-4H,10H2,(H,13,14). The predicted molar refractivity (Wildman–Crippen MR) is 56.7 cm³/mol. The average molecular weight is 221 g/mol. The molecule has 0 saturated heterocycles. The number of aromatic nitrogens is 2. The topological polar surface area (TPSA) is 89.1 Å². The number of carboxylic acids is 1. The number of carbonyl (C=O) groups is 1. The molecule has 0 unspecified atom stereocenters. The van der Waals surface area contributed by atoms with E-state index in [0.717, 1.165) is 11.5 Å². The Balaban J connectivity index is 2.52. The molecule has 0 atom stereocenters. The summed E-state index contributed by atoms with van der Waals surface area (Å²) in [5.74, 6) is -1.06. The predicted octanol–water partition coefficient (Wildman–Crippen LogP) is 1.49. The Kier molecular flexibility index (Phi) is 2.34. The van der Waals surface area contributed by atoms with Gasteiger partial charge in [0, 0.05) is 6.20 Å². The van der Waals surface area contributed by atoms with Crippen LogP contribution in [0.1, 0.15) is 9.67 Å². The smallest absolute Gasteiger partial charge is 0.349 e. The fraction of sp³-hybridized carbons (Fsp3) is 0. The third-order valence-electron chi connectivity index (χ3n) is 1.83. The summed E-state index contributed by atoms with van der Waals surface area (Å²) in [6.45, 7) is 0. The van der Waals surface area contributed by atoms with Gasteiger partial charge in [-0.25, -0.2) is 4.79 Å². The zero-order chi connectivity index (χ0) is 10.8. The summed E-state index contributed by atoms with van der Waals surface area (Å²) in [5.41, 5.74) is 6.85. The van der Waals surface area contributed by atoms with Gasteiger partial charge >= 0.3 is 5.97 Å². The molecule has 0 aliphatic heterocycles. The first-order valence-corrected chi connectivity index (χ1v) is 4.87. The summed E-state index contributed by atoms with van der Waals surface area (Å²) in [6.07, 6.45) is 1.61. The lowest BCUT2D eigenvalue weighted by atomic mass is 10.2. The molecule has 76 valence electrons. The van der Waals surface area contributed by atoms with Crippen LogP contribution in [0.15, 0.2) is 24.4 Å². The first-order chi connectivity index (χ1) is 7.20. The van der Waals surface area contributed by atoms with Crippen molar-refractivity contribution in [2.75, 3.05) is 5.73 Å². The number of aromatic carboxylic acids is 1. The van der Waals surface area contributed by atoms with Gasteiger partial charge in [-0.05, 0) is 23.7 Å². The summed E-state index contributed by atoms with van der Waals surface area (Å²) in [7, 11) is 0. The van der Waals surface area contributed by atoms with E-state index in [1.54, 1.807) is 24.4 Å². The van der Waals surface area contributed by atoms with Gasteiger partial charge in [-0.3, -0.25) is 4.98 Å². The molecule has 3 N–H and O–H groups in total. The molecule has 0 spiro atoms. The maximum absolute atomic E-state index is 10.7. The Hall–Kier alpha value is -1.95. The summed E-state index contributed by atoms with van der Waals surface area (Å²) in [5, 5.41) is 8.80. The molecule has 2 aromatic heterocycles. The van der Waals surface area contributed by atoms with E-state index in [4.69, 9.17) is 10.8 Å². The number of pyridine rings is 1. The molecule has 0 bridgehead atoms. The minimum atomic E-state index is -1.06. The average Bonchev–Trinajstić information content (AvgIpc) is 2.61. The van der Waals surface area contributed by atoms with Gasteiger partial charge in [0.15, 0.2) is 4.88 Å². The Morgan fingerprint density at radius 2 is 2.27 bits per heavy atom. The molecule has 0 radical (unpaired) electrons. The Morgan fingerprint density at radius 3 is 2.80 bits per heavy atom. The highest BCUT2D eigenvalue weighted by atomic mass is 32.1. The van der Waals surface area contributed by atoms with Gasteiger partial charge in [0.25, 0.3) is 0 Å². The Bertz CT molecular complexity index is 495. The summed E-state index contributed by atoms with van der Waals surface area (Å²) >= 11 is 0.865. The molecule has 0 fully saturated rings. The number of nitrogens with two attached hydrogens (primary N) is 1. The first kappa shape index (κ1) is 9.60. The van der Waals surface area contributed by atoms with E-state index in [9.17, 15) is 4.79 Å². The Labute approximate surface area is 89.4 Å². The van der Waals surface area contributed by atoms with Gasteiger partial charge in [-0.2, -0.15) is 4.37 Å². The van der Waals surface area contributed by atoms with Gasteiger partial charge in [-0.1, -0.05) is 6.07 Å². The number of hydrogen-bond acceptors (Lipinski definition) is 5. The van der Waals surface area contributed by atoms with Gasteiger partial charge in [0.1, 0.15) is 5.69 Å². The van der Waals surface area contributed by atoms with Crippen molar-refractivity contribution in [2.24, 2.45) is 0 Å². The number of nitrogens with zero attached hydrogens (tertiary/aromatic N) is 2. The first-order valence-electron chi connectivity index (χ1n) is 4.10. The van der Waals surface area contributed by atoms with E-state index >= 15 is 0 Å². The molecule has 2 rings (SSSR count). The van der Waals surface area contributed by atoms with Gasteiger partial charge in [0.2, 0.25) is 0 Å². The lowest BCUT2D eigenvalue weighted by molar-refractivity contribution is 0.0703. The van der Waals surface area contributed by atoms with Crippen molar-refractivity contribution >= 4 is 23.2 Å². The summed E-state index contributed by atoms with van der Waals surface area (Å²) in [4.78, 5) is 14.8. The molecule has 0 aromatic carbocycles. The SMILES string of the molecule is Nc1c(-c2ccccn2)nsc1C(=O)O. The van der Waals surface area contributed by atoms with Crippen LogP contribution in [0.4, 0.5) is 5.69 Å². The van der Waals surface area contributed by atoms with Crippen LogP contribution in [0, 0.1) is 0 Å². The minimum Gasteiger partial charge on any atom is -0.477 e. The highest BCUT2D eigenvalue weighted by Gasteiger charge is 2.17. The van der Waals surface area contributed by atoms with Crippen molar-refractivity contribution in [1.29, 1.82) is 0 Å². The van der Waals surface area contributed by atoms with Crippen molar-refractivity contribution in [3.8, 4) is 11.4 Å². The molecule has 5 nitrogen and oxygen atoms in total. The third-order valence-corrected chi connectivity index (χ3v) is 2.68. The molecule has 6 heteroatoms. The van der Waals surface area contributed by atoms with E-state index in [0.29, 0.717) is 11.4 Å². The maximum atomic E-state index is 10.7. The van der Waals surface area contributed by atoms with Gasteiger partial charge in [-0.15, -0.1) is 0 Å². The van der Waals surface area contributed by atoms with Crippen LogP contribution in [0.25, 0.3) is 11.4 Å². The van der Waals surface area contributed by atoms with Crippen LogP contribution in [-0.4, -0.2) is 20.4 Å². The molecule has 15 heavy (non-hydrogen) atoms. The summed E-state index contributed by atoms with van der Waals surface area (Å²) < 4.78 is 3.98. The van der Waals surface area contributed by atoms with Crippen molar-refractivity contribution in [2.45, 2.75) is 0 Å². The molecule has 0 saturated carbocycles. The number of carboxylic acid groups (broad SMARTS) is 1. The van der Waals surface area contributed by atoms with Gasteiger partial charge in [0.05, 0.1) is 11.4 Å². The minimum absolute atomic E-state index is 0.0515. The second-order valence-corrected chi connectivity index (χ2v) is 3.57. The molecule has 2 aromatic rings. The number of nitrogen functional groups attached to an aromatic ring is 1. The number of hydrogen-bond donors (Lipinski definition) is 2. The zero-order valence-corrected chi connectivity index (χ0v) is 8.36. The lowest BCUT2D eigenvalue weighted by Gasteiger charge is -1.96. The molecule has 2 heterocycles. The van der Waals surface area contributed by atoms with Crippen LogP contribution in [-0.2, 0) is 0 Å². The van der Waals surface area contributed by atoms with E-state index in [1.165, 1.54) is 0 Å². The Morgan fingerprint density at radius 1 is 1.47 bits per heavy atom. The van der Waals surface area contributed by atoms with E-state index in [2.05, 4.69) is 9.36 Å². The van der Waals surface area contributed by atoms with Crippen LogP contribution in [0.3, 0.4) is 0 Å². The number of anilines is 1. The number of rotatable bonds is 2. The van der Waals surface area contributed by atoms with Crippen molar-refractivity contribution in [1.82, 2.24) is 9.36 Å². The van der Waals surface area contributed by atoms with Crippen LogP contribution < -0.4 is 5.73 Å². The second-order valence-electron chi connectivity index (χ2n) is 2.79. The maximum Gasteiger partial charge on any atom is 0.349 e. The molecule has 0 amide bonds. The third kappa shape index (κ3) is 1.66. The fourth-order valence-electron chi connectivity index (χ4n) is 1.14. The van der Waals surface area contributed by atoms with E-state index in [1.807, 2.05) is 0 Å². The normalized spacial score (nSPS) is 10.1. The summed E-state index contributed by atoms with van der Waals surface area (Å²) in [6, 6.07) is 5.29. The van der Waals surface area contributed by atoms with Gasteiger partial charge < -0.3 is 10.8 Å². The van der Waals surface area contributed by atoms with Crippen molar-refractivity contribution in [3.63, 3.8) is 0 Å². The molecular weight excluding hydrogens is 214 g/mol. The van der Waals surface area contributed by atoms with Crippen LogP contribution in [0.5, 0.6) is 0 Å². The largest absolute Gasteiger partial charge is 0.477 e. The zero-order valence-electron chi connectivity index (χ0n) is 7.54. The van der Waals surface area contributed by atoms with E-state index in [-0.39, 0.29) is 10.6 Å². The highest BCUT2D eigenvalue weighted by molar-refractivity contribution is 7.09.